The summed E-state index contributed by atoms with van der Waals surface area (Å²) in [6.07, 6.45) is 1.42. The molecule has 20 nitrogen and oxygen atoms in total. The van der Waals surface area contributed by atoms with Crippen molar-refractivity contribution in [1.82, 2.24) is 14.9 Å². The highest BCUT2D eigenvalue weighted by Gasteiger charge is 2.43. The number of nitrogen functional groups attached to an aromatic ring is 1. The summed E-state index contributed by atoms with van der Waals surface area (Å²) in [5, 5.41) is 2.48. The van der Waals surface area contributed by atoms with Gasteiger partial charge in [0.05, 0.1) is 37.4 Å². The maximum atomic E-state index is 12.8. The molecule has 1 aliphatic rings. The summed E-state index contributed by atoms with van der Waals surface area (Å²) in [5.74, 6) is 5.80. The predicted octanol–water partition coefficient (Wildman–Crippen LogP) is 2.91. The molecule has 0 bridgehead atoms. The smallest absolute Gasteiger partial charge is 0.450 e. The van der Waals surface area contributed by atoms with E-state index in [0.717, 1.165) is 17.4 Å². The van der Waals surface area contributed by atoms with Crippen LogP contribution in [0.25, 0.3) is 0 Å². The van der Waals surface area contributed by atoms with Crippen LogP contribution in [-0.2, 0) is 66.4 Å². The van der Waals surface area contributed by atoms with Crippen LogP contribution in [0.1, 0.15) is 58.2 Å². The molecule has 1 fully saturated rings. The molecule has 52 heavy (non-hydrogen) atoms. The fraction of sp³-hybridized carbons (Fsp3) is 0.720. The summed E-state index contributed by atoms with van der Waals surface area (Å²) < 4.78 is 70.4. The largest absolute Gasteiger partial charge is 0.490 e. The number of aromatic nitrogens is 2. The number of nitrogens with one attached hydrogen (secondary N) is 1. The molecule has 27 heteroatoms. The van der Waals surface area contributed by atoms with Gasteiger partial charge >= 0.3 is 35.3 Å². The molecule has 1 aromatic rings. The number of anilines is 1. The highest BCUT2D eigenvalue weighted by Crippen LogP contribution is 2.66. The van der Waals surface area contributed by atoms with Crippen LogP contribution in [0, 0.1) is 11.8 Å². The second kappa shape index (κ2) is 22.0. The van der Waals surface area contributed by atoms with Crippen molar-refractivity contribution in [3.63, 3.8) is 0 Å². The molecule has 0 saturated carbocycles. The van der Waals surface area contributed by atoms with Crippen molar-refractivity contribution in [2.75, 3.05) is 50.2 Å². The third kappa shape index (κ3) is 19.1. The standard InChI is InChI=1S/C25H43N4O16P3S4/c1-5-25(2,3)51-50-16-39-11-6-7-12-40-24(31)27-10-8-9-18-14-29(23(30)28-22(18)26)21-13-19(41-17-52(4)49)20(43-21)15-42-47(35,36)45-48(37,38)44-46(32,33)34/h14,19-21H,5-7,10-13,15-17H2,1-4H3,(H,27,31)(H,35,36)(H,37,38)(H2,26,28,30)(H2,32,33,34)/t19-,20+,21+,52?/m0/s1. The summed E-state index contributed by atoms with van der Waals surface area (Å²) in [6.45, 7) is 6.28. The van der Waals surface area contributed by atoms with E-state index < -0.39 is 69.7 Å². The molecular formula is C25H43N4O16P3S4. The van der Waals surface area contributed by atoms with Crippen LogP contribution in [0.3, 0.4) is 0 Å². The fourth-order valence-electron chi connectivity index (χ4n) is 3.75. The Morgan fingerprint density at radius 1 is 1.21 bits per heavy atom. The molecule has 1 aliphatic heterocycles. The molecular weight excluding hydrogens is 833 g/mol. The van der Waals surface area contributed by atoms with Gasteiger partial charge in [0.2, 0.25) is 0 Å². The minimum Gasteiger partial charge on any atom is -0.450 e. The van der Waals surface area contributed by atoms with Gasteiger partial charge in [-0.1, -0.05) is 49.8 Å². The van der Waals surface area contributed by atoms with Crippen LogP contribution in [0.2, 0.25) is 0 Å². The van der Waals surface area contributed by atoms with Gasteiger partial charge in [-0.15, -0.1) is 0 Å². The topological polar surface area (TPSA) is 287 Å². The van der Waals surface area contributed by atoms with Crippen molar-refractivity contribution in [3.05, 3.63) is 22.2 Å². The molecule has 1 saturated heterocycles. The number of nitrogens with two attached hydrogens (primary N) is 1. The van der Waals surface area contributed by atoms with E-state index in [1.807, 2.05) is 0 Å². The highest BCUT2D eigenvalue weighted by molar-refractivity contribution is 8.77. The molecule has 3 unspecified atom stereocenters. The number of phosphoric ester groups is 1. The minimum atomic E-state index is -5.75. The van der Waals surface area contributed by atoms with Crippen molar-refractivity contribution < 1.29 is 70.2 Å². The maximum Gasteiger partial charge on any atom is 0.490 e. The SMILES string of the molecule is CCC(C)(C)SSCOCCCCOC(=O)NCC#Cc1cn([C@H]2C[C@H](OCS(C)=S)[C@@H](COP(=O)(O)OP(=O)(O)OP(=O)(O)O)O2)c(=O)nc1N. The van der Waals surface area contributed by atoms with Crippen LogP contribution < -0.4 is 16.7 Å². The van der Waals surface area contributed by atoms with Gasteiger partial charge in [-0.25, -0.2) is 23.3 Å². The number of rotatable bonds is 22. The Kier molecular flexibility index (Phi) is 20.0. The summed E-state index contributed by atoms with van der Waals surface area (Å²) >= 11 is 5.14. The number of nitrogens with zero attached hydrogens (tertiary/aromatic N) is 2. The zero-order valence-corrected chi connectivity index (χ0v) is 34.5. The van der Waals surface area contributed by atoms with Crippen molar-refractivity contribution in [2.24, 2.45) is 0 Å². The Balaban J connectivity index is 1.94. The van der Waals surface area contributed by atoms with Gasteiger partial charge < -0.3 is 49.6 Å². The van der Waals surface area contributed by atoms with Gasteiger partial charge in [0.25, 0.3) is 0 Å². The second-order valence-electron chi connectivity index (χ2n) is 11.2. The van der Waals surface area contributed by atoms with Crippen molar-refractivity contribution in [2.45, 2.75) is 69.6 Å². The first-order chi connectivity index (χ1) is 24.1. The van der Waals surface area contributed by atoms with Crippen LogP contribution in [0.15, 0.2) is 11.0 Å². The van der Waals surface area contributed by atoms with E-state index in [0.29, 0.717) is 19.0 Å². The number of ether oxygens (including phenoxy) is 4. The fourth-order valence-corrected chi connectivity index (χ4v) is 9.64. The second-order valence-corrected chi connectivity index (χ2v) is 21.7. The summed E-state index contributed by atoms with van der Waals surface area (Å²) in [7, 11) is -14.0. The molecule has 7 N–H and O–H groups in total. The predicted molar refractivity (Wildman–Crippen MR) is 197 cm³/mol. The number of carbonyl (C=O) groups is 1. The molecule has 6 atom stereocenters. The summed E-state index contributed by atoms with van der Waals surface area (Å²) in [6, 6.07) is 0. The average molecular weight is 877 g/mol. The number of alkyl carbamates (subject to hydrolysis) is 1. The Morgan fingerprint density at radius 3 is 2.56 bits per heavy atom. The van der Waals surface area contributed by atoms with Gasteiger partial charge in [-0.2, -0.15) is 13.6 Å². The van der Waals surface area contributed by atoms with E-state index in [1.54, 1.807) is 27.8 Å². The maximum absolute atomic E-state index is 12.8. The Labute approximate surface area is 315 Å². The molecule has 2 rings (SSSR count). The van der Waals surface area contributed by atoms with Crippen molar-refractivity contribution >= 4 is 77.6 Å². The van der Waals surface area contributed by atoms with E-state index in [1.165, 1.54) is 6.20 Å². The van der Waals surface area contributed by atoms with Crippen LogP contribution in [-0.4, -0.2) is 96.7 Å². The average Bonchev–Trinajstić information content (AvgIpc) is 3.42. The highest BCUT2D eigenvalue weighted by atomic mass is 33.1. The first kappa shape index (κ1) is 47.2. The molecule has 0 radical (unpaired) electrons. The van der Waals surface area contributed by atoms with Gasteiger partial charge in [-0.05, 0) is 50.6 Å². The zero-order chi connectivity index (χ0) is 39.2. The summed E-state index contributed by atoms with van der Waals surface area (Å²) in [5.41, 5.74) is 5.14. The molecule has 298 valence electrons. The Hall–Kier alpha value is -0.930. The molecule has 0 aliphatic carbocycles. The Morgan fingerprint density at radius 2 is 1.90 bits per heavy atom. The monoisotopic (exact) mass is 876 g/mol. The third-order valence-corrected chi connectivity index (χ3v) is 14.1. The first-order valence-electron chi connectivity index (χ1n) is 15.1. The van der Waals surface area contributed by atoms with Gasteiger partial charge in [0, 0.05) is 24.0 Å². The number of carbonyl (C=O) groups excluding carboxylic acids is 1. The lowest BCUT2D eigenvalue weighted by Crippen LogP contribution is -2.30. The van der Waals surface area contributed by atoms with E-state index in [-0.39, 0.29) is 41.6 Å². The van der Waals surface area contributed by atoms with Crippen LogP contribution in [0.4, 0.5) is 10.6 Å². The normalized spacial score (nSPS) is 20.7. The van der Waals surface area contributed by atoms with E-state index in [9.17, 15) is 33.1 Å². The van der Waals surface area contributed by atoms with Crippen LogP contribution >= 0.6 is 45.1 Å². The quantitative estimate of drug-likeness (QED) is 0.0321. The lowest BCUT2D eigenvalue weighted by Gasteiger charge is -2.21. The first-order valence-corrected chi connectivity index (χ1v) is 24.7. The van der Waals surface area contributed by atoms with Gasteiger partial charge in [-0.3, -0.25) is 9.09 Å². The summed E-state index contributed by atoms with van der Waals surface area (Å²) in [4.78, 5) is 65.2. The Bertz CT molecular complexity index is 1640. The third-order valence-electron chi connectivity index (χ3n) is 6.47. The number of amides is 1. The lowest BCUT2D eigenvalue weighted by atomic mass is 10.1. The van der Waals surface area contributed by atoms with Crippen LogP contribution in [0.5, 0.6) is 0 Å². The molecule has 1 amide bonds. The number of hydrogen-bond acceptors (Lipinski definition) is 17. The van der Waals surface area contributed by atoms with Gasteiger partial charge in [0.1, 0.15) is 24.1 Å². The lowest BCUT2D eigenvalue weighted by molar-refractivity contribution is -0.0544. The van der Waals surface area contributed by atoms with Crippen molar-refractivity contribution in [1.29, 1.82) is 0 Å². The zero-order valence-electron chi connectivity index (χ0n) is 28.5. The molecule has 0 aromatic carbocycles. The van der Waals surface area contributed by atoms with E-state index >= 15 is 0 Å². The molecule has 2 heterocycles. The molecule has 1 aromatic heterocycles. The van der Waals surface area contributed by atoms with Crippen molar-refractivity contribution in [3.8, 4) is 11.8 Å². The van der Waals surface area contributed by atoms with Gasteiger partial charge in [0.15, 0.2) is 0 Å². The molecule has 0 spiro atoms. The number of hydrogen-bond donors (Lipinski definition) is 6. The number of unbranched alkanes of at least 4 members (excludes halogenated alkanes) is 1. The van der Waals surface area contributed by atoms with E-state index in [4.69, 9.17) is 50.2 Å². The number of phosphoric acid groups is 3. The minimum absolute atomic E-state index is 0.0375. The van der Waals surface area contributed by atoms with E-state index in [2.05, 4.69) is 51.5 Å².